The van der Waals surface area contributed by atoms with Crippen molar-refractivity contribution in [2.45, 2.75) is 37.1 Å². The number of nitrogens with zero attached hydrogens (tertiary/aromatic N) is 5. The van der Waals surface area contributed by atoms with Gasteiger partial charge in [-0.3, -0.25) is 34.4 Å². The summed E-state index contributed by atoms with van der Waals surface area (Å²) in [4.78, 5) is 44.9. The first kappa shape index (κ1) is 29.9. The number of nitro benzene ring substituents is 1. The van der Waals surface area contributed by atoms with Crippen LogP contribution in [0.2, 0.25) is 0 Å². The van der Waals surface area contributed by atoms with Crippen molar-refractivity contribution in [3.63, 3.8) is 0 Å². The minimum atomic E-state index is -4.69. The summed E-state index contributed by atoms with van der Waals surface area (Å²) >= 11 is 1.33. The number of carbonyl (C=O) groups is 2. The highest BCUT2D eigenvalue weighted by Gasteiger charge is 2.63. The molecule has 2 fully saturated rings. The number of amides is 2. The lowest BCUT2D eigenvalue weighted by molar-refractivity contribution is -0.384. The van der Waals surface area contributed by atoms with Crippen LogP contribution in [-0.2, 0) is 20.6 Å². The summed E-state index contributed by atoms with van der Waals surface area (Å²) in [6.07, 6.45) is -4.69. The van der Waals surface area contributed by atoms with E-state index in [0.717, 1.165) is 28.8 Å². The third kappa shape index (κ3) is 4.87. The smallest absolute Gasteiger partial charge is 0.363 e. The molecule has 3 aliphatic heterocycles. The summed E-state index contributed by atoms with van der Waals surface area (Å²) in [5.41, 5.74) is 2.54. The number of benzene rings is 3. The number of halogens is 3. The fourth-order valence-corrected chi connectivity index (χ4v) is 7.93. The number of nitro groups is 1. The van der Waals surface area contributed by atoms with E-state index in [4.69, 9.17) is 0 Å². The third-order valence-corrected chi connectivity index (χ3v) is 9.82. The van der Waals surface area contributed by atoms with Gasteiger partial charge in [0.25, 0.3) is 11.6 Å². The van der Waals surface area contributed by atoms with E-state index >= 15 is 0 Å². The topological polar surface area (TPSA) is 90.2 Å². The normalized spacial score (nSPS) is 22.3. The van der Waals surface area contributed by atoms with Crippen LogP contribution in [-0.4, -0.2) is 59.7 Å². The molecule has 9 nitrogen and oxygen atoms in total. The Labute approximate surface area is 256 Å². The number of thioether (sulfide) groups is 1. The standard InChI is InChI=1S/C31H30F3N5O4S/c1-19-14-20(2)16-23(15-19)38-28(40)21(3)44-30(38)24-6-4-5-7-25(24)37(29(30)41)18-35-10-12-36(13-11-35)26-9-8-22(31(32,33)34)17-27(26)39(42)43/h4-9,14-17,21H,10-13,18H2,1-3H3/t21-,30-/m0/s1. The molecule has 2 atom stereocenters. The number of rotatable bonds is 5. The summed E-state index contributed by atoms with van der Waals surface area (Å²) < 4.78 is 39.6. The number of fused-ring (bicyclic) bond motifs is 2. The minimum absolute atomic E-state index is 0.128. The zero-order valence-corrected chi connectivity index (χ0v) is 25.1. The number of piperazine rings is 1. The molecule has 2 saturated heterocycles. The molecule has 0 N–H and O–H groups in total. The van der Waals surface area contributed by atoms with Crippen molar-refractivity contribution in [2.75, 3.05) is 47.5 Å². The quantitative estimate of drug-likeness (QED) is 0.266. The molecule has 0 unspecified atom stereocenters. The van der Waals surface area contributed by atoms with Gasteiger partial charge in [-0.05, 0) is 62.2 Å². The molecule has 0 aromatic heterocycles. The van der Waals surface area contributed by atoms with Crippen molar-refractivity contribution in [1.29, 1.82) is 0 Å². The predicted octanol–water partition coefficient (Wildman–Crippen LogP) is 5.68. The summed E-state index contributed by atoms with van der Waals surface area (Å²) in [6.45, 7) is 7.42. The molecule has 3 aromatic rings. The van der Waals surface area contributed by atoms with Crippen LogP contribution < -0.4 is 14.7 Å². The maximum Gasteiger partial charge on any atom is 0.416 e. The number of carbonyl (C=O) groups excluding carboxylic acids is 2. The van der Waals surface area contributed by atoms with Crippen molar-refractivity contribution in [3.8, 4) is 0 Å². The zero-order valence-electron chi connectivity index (χ0n) is 24.3. The molecule has 44 heavy (non-hydrogen) atoms. The van der Waals surface area contributed by atoms with E-state index in [9.17, 15) is 32.9 Å². The lowest BCUT2D eigenvalue weighted by Gasteiger charge is -2.38. The van der Waals surface area contributed by atoms with E-state index in [1.165, 1.54) is 11.8 Å². The Bertz CT molecular complexity index is 1660. The van der Waals surface area contributed by atoms with Gasteiger partial charge in [-0.15, -0.1) is 11.8 Å². The second-order valence-corrected chi connectivity index (χ2v) is 12.9. The molecule has 3 heterocycles. The van der Waals surface area contributed by atoms with E-state index in [0.29, 0.717) is 43.6 Å². The van der Waals surface area contributed by atoms with E-state index in [-0.39, 0.29) is 24.2 Å². The van der Waals surface area contributed by atoms with Gasteiger partial charge in [-0.25, -0.2) is 0 Å². The number of para-hydroxylation sites is 1. The molecule has 0 bridgehead atoms. The average molecular weight is 626 g/mol. The van der Waals surface area contributed by atoms with Crippen molar-refractivity contribution in [1.82, 2.24) is 4.90 Å². The van der Waals surface area contributed by atoms with E-state index in [1.54, 1.807) is 14.7 Å². The first-order valence-corrected chi connectivity index (χ1v) is 15.0. The van der Waals surface area contributed by atoms with Crippen LogP contribution in [0.4, 0.5) is 35.9 Å². The fourth-order valence-electron chi connectivity index (χ4n) is 6.40. The number of aryl methyl sites for hydroxylation is 2. The molecular formula is C31H30F3N5O4S. The molecule has 3 aliphatic rings. The number of hydrogen-bond acceptors (Lipinski definition) is 7. The Morgan fingerprint density at radius 1 is 0.955 bits per heavy atom. The molecule has 6 rings (SSSR count). The van der Waals surface area contributed by atoms with Crippen molar-refractivity contribution in [2.24, 2.45) is 0 Å². The van der Waals surface area contributed by atoms with E-state index in [1.807, 2.05) is 68.1 Å². The molecule has 1 spiro atoms. The Kier molecular flexibility index (Phi) is 7.36. The fraction of sp³-hybridized carbons (Fsp3) is 0.355. The van der Waals surface area contributed by atoms with Crippen LogP contribution in [0.1, 0.15) is 29.2 Å². The lowest BCUT2D eigenvalue weighted by atomic mass is 10.0. The van der Waals surface area contributed by atoms with Crippen LogP contribution in [0.25, 0.3) is 0 Å². The molecule has 0 radical (unpaired) electrons. The van der Waals surface area contributed by atoms with Crippen LogP contribution in [0, 0.1) is 24.0 Å². The van der Waals surface area contributed by atoms with Crippen molar-refractivity contribution < 1.29 is 27.7 Å². The highest BCUT2D eigenvalue weighted by Crippen LogP contribution is 2.58. The van der Waals surface area contributed by atoms with Crippen LogP contribution in [0.15, 0.2) is 60.7 Å². The molecule has 0 saturated carbocycles. The van der Waals surface area contributed by atoms with Gasteiger partial charge in [-0.2, -0.15) is 13.2 Å². The van der Waals surface area contributed by atoms with E-state index in [2.05, 4.69) is 0 Å². The van der Waals surface area contributed by atoms with Crippen LogP contribution in [0.5, 0.6) is 0 Å². The highest BCUT2D eigenvalue weighted by molar-refractivity contribution is 8.03. The maximum atomic E-state index is 14.5. The van der Waals surface area contributed by atoms with Gasteiger partial charge >= 0.3 is 6.18 Å². The molecular weight excluding hydrogens is 595 g/mol. The SMILES string of the molecule is Cc1cc(C)cc(N2C(=O)[C@H](C)S[C@@]23C(=O)N(CN2CCN(c4ccc(C(F)(F)F)cc4[N+](=O)[O-])CC2)c2ccccc23)c1. The van der Waals surface area contributed by atoms with Gasteiger partial charge in [0.05, 0.1) is 28.1 Å². The number of hydrogen-bond donors (Lipinski definition) is 0. The monoisotopic (exact) mass is 625 g/mol. The number of anilines is 3. The van der Waals surface area contributed by atoms with Gasteiger partial charge in [-0.1, -0.05) is 24.3 Å². The maximum absolute atomic E-state index is 14.5. The minimum Gasteiger partial charge on any atom is -0.363 e. The summed E-state index contributed by atoms with van der Waals surface area (Å²) in [6, 6.07) is 15.9. The van der Waals surface area contributed by atoms with Gasteiger partial charge in [0.2, 0.25) is 10.8 Å². The Morgan fingerprint density at radius 2 is 1.61 bits per heavy atom. The lowest BCUT2D eigenvalue weighted by Crippen LogP contribution is -2.54. The Hall–Kier alpha value is -4.10. The summed E-state index contributed by atoms with van der Waals surface area (Å²) in [7, 11) is 0. The van der Waals surface area contributed by atoms with Gasteiger partial charge in [0.1, 0.15) is 5.69 Å². The highest BCUT2D eigenvalue weighted by atomic mass is 32.2. The van der Waals surface area contributed by atoms with Crippen molar-refractivity contribution in [3.05, 3.63) is 93.0 Å². The first-order chi connectivity index (χ1) is 20.8. The molecule has 3 aromatic carbocycles. The second-order valence-electron chi connectivity index (χ2n) is 11.4. The second kappa shape index (κ2) is 10.8. The number of alkyl halides is 3. The third-order valence-electron chi connectivity index (χ3n) is 8.34. The first-order valence-electron chi connectivity index (χ1n) is 14.2. The molecule has 2 amide bonds. The van der Waals surface area contributed by atoms with Crippen LogP contribution in [0.3, 0.4) is 0 Å². The summed E-state index contributed by atoms with van der Waals surface area (Å²) in [5, 5.41) is 11.2. The zero-order chi connectivity index (χ0) is 31.6. The Balaban J connectivity index is 1.27. The van der Waals surface area contributed by atoms with Crippen molar-refractivity contribution >= 4 is 46.3 Å². The predicted molar refractivity (Wildman–Crippen MR) is 163 cm³/mol. The Morgan fingerprint density at radius 3 is 2.25 bits per heavy atom. The van der Waals surface area contributed by atoms with Crippen LogP contribution >= 0.6 is 11.8 Å². The summed E-state index contributed by atoms with van der Waals surface area (Å²) in [5.74, 6) is -0.363. The largest absolute Gasteiger partial charge is 0.416 e. The van der Waals surface area contributed by atoms with Gasteiger partial charge < -0.3 is 4.90 Å². The average Bonchev–Trinajstić information content (AvgIpc) is 3.37. The molecule has 230 valence electrons. The van der Waals surface area contributed by atoms with Gasteiger partial charge in [0, 0.05) is 43.5 Å². The van der Waals surface area contributed by atoms with Gasteiger partial charge in [0.15, 0.2) is 0 Å². The molecule has 13 heteroatoms. The van der Waals surface area contributed by atoms with E-state index < -0.39 is 32.5 Å². The molecule has 0 aliphatic carbocycles.